The summed E-state index contributed by atoms with van der Waals surface area (Å²) >= 11 is 2.99. The predicted molar refractivity (Wildman–Crippen MR) is 130 cm³/mol. The van der Waals surface area contributed by atoms with Gasteiger partial charge in [-0.25, -0.2) is 19.9 Å². The number of aromatic nitrogens is 4. The monoisotopic (exact) mass is 484 g/mol. The molecule has 0 aliphatic carbocycles. The Labute approximate surface area is 200 Å². The molecule has 0 amide bonds. The zero-order valence-electron chi connectivity index (χ0n) is 20.2. The normalized spacial score (nSPS) is 13.4. The van der Waals surface area contributed by atoms with Gasteiger partial charge in [-0.3, -0.25) is 0 Å². The first-order chi connectivity index (χ1) is 15.2. The van der Waals surface area contributed by atoms with Crippen LogP contribution in [0.25, 0.3) is 0 Å². The third-order valence-electron chi connectivity index (χ3n) is 4.81. The van der Waals surface area contributed by atoms with Crippen LogP contribution in [0.3, 0.4) is 0 Å². The van der Waals surface area contributed by atoms with E-state index < -0.39 is 11.4 Å². The van der Waals surface area contributed by atoms with Gasteiger partial charge in [0.15, 0.2) is 10.3 Å². The molecule has 2 aromatic heterocycles. The van der Waals surface area contributed by atoms with Crippen LogP contribution in [0.15, 0.2) is 34.8 Å². The predicted octanol–water partition coefficient (Wildman–Crippen LogP) is 2.66. The second-order valence-corrected chi connectivity index (χ2v) is 8.74. The van der Waals surface area contributed by atoms with Crippen LogP contribution in [0, 0.1) is 0 Å². The van der Waals surface area contributed by atoms with Crippen LogP contribution in [0.4, 0.5) is 0 Å². The number of nitrogens with one attached hydrogen (secondary N) is 1. The molecule has 2 rings (SSSR count). The smallest absolute Gasteiger partial charge is 0.224 e. The summed E-state index contributed by atoms with van der Waals surface area (Å²) in [5.41, 5.74) is 6.67. The quantitative estimate of drug-likeness (QED) is 0.278. The third-order valence-corrected chi connectivity index (χ3v) is 5.93. The number of nitrogens with zero attached hydrogens (tertiary/aromatic N) is 4. The highest BCUT2D eigenvalue weighted by Gasteiger charge is 2.34. The molecule has 2 aromatic rings. The summed E-state index contributed by atoms with van der Waals surface area (Å²) in [4.78, 5) is 17.0. The minimum atomic E-state index is -0.877. The highest BCUT2D eigenvalue weighted by Crippen LogP contribution is 2.25. The average Bonchev–Trinajstić information content (AvgIpc) is 2.85. The van der Waals surface area contributed by atoms with Crippen molar-refractivity contribution in [3.8, 4) is 0 Å². The van der Waals surface area contributed by atoms with Crippen molar-refractivity contribution in [2.75, 3.05) is 46.9 Å². The molecule has 1 atom stereocenters. The maximum Gasteiger partial charge on any atom is 0.224 e. The minimum Gasteiger partial charge on any atom is -0.371 e. The molecule has 0 spiro atoms. The number of thioether (sulfide) groups is 2. The van der Waals surface area contributed by atoms with Gasteiger partial charge < -0.3 is 25.3 Å². The molecular formula is C21H36N6O3S2. The fourth-order valence-electron chi connectivity index (χ4n) is 2.54. The molecule has 2 heterocycles. The molecule has 0 saturated carbocycles. The van der Waals surface area contributed by atoms with Crippen LogP contribution in [0.2, 0.25) is 0 Å². The average molecular weight is 485 g/mol. The second-order valence-electron chi connectivity index (χ2n) is 7.19. The first-order valence-electron chi connectivity index (χ1n) is 10.1. The maximum atomic E-state index is 5.65. The molecule has 1 unspecified atom stereocenters. The van der Waals surface area contributed by atoms with Crippen LogP contribution in [-0.2, 0) is 25.6 Å². The van der Waals surface area contributed by atoms with Crippen molar-refractivity contribution in [1.82, 2.24) is 25.3 Å². The minimum absolute atomic E-state index is 0.344. The summed E-state index contributed by atoms with van der Waals surface area (Å²) in [5, 5.41) is 4.75. The van der Waals surface area contributed by atoms with Crippen LogP contribution < -0.4 is 11.1 Å². The van der Waals surface area contributed by atoms with E-state index in [0.29, 0.717) is 24.3 Å². The van der Waals surface area contributed by atoms with Crippen molar-refractivity contribution in [3.05, 3.63) is 35.9 Å². The van der Waals surface area contributed by atoms with E-state index in [9.17, 15) is 0 Å². The van der Waals surface area contributed by atoms with Gasteiger partial charge in [-0.1, -0.05) is 37.4 Å². The van der Waals surface area contributed by atoms with E-state index in [0.717, 1.165) is 16.5 Å². The zero-order valence-corrected chi connectivity index (χ0v) is 21.8. The highest BCUT2D eigenvalue weighted by atomic mass is 32.2. The number of hydrogen-bond donors (Lipinski definition) is 2. The second kappa shape index (κ2) is 14.0. The van der Waals surface area contributed by atoms with Crippen molar-refractivity contribution < 1.29 is 14.2 Å². The first-order valence-corrected chi connectivity index (χ1v) is 12.5. The van der Waals surface area contributed by atoms with Gasteiger partial charge in [-0.2, -0.15) is 0 Å². The molecule has 32 heavy (non-hydrogen) atoms. The zero-order chi connectivity index (χ0) is 24.2. The summed E-state index contributed by atoms with van der Waals surface area (Å²) in [5.74, 6) is -0.877. The number of rotatable bonds is 11. The van der Waals surface area contributed by atoms with E-state index in [-0.39, 0.29) is 0 Å². The van der Waals surface area contributed by atoms with E-state index in [1.165, 1.54) is 23.5 Å². The van der Waals surface area contributed by atoms with Crippen LogP contribution in [0.5, 0.6) is 0 Å². The van der Waals surface area contributed by atoms with E-state index in [1.807, 2.05) is 31.6 Å². The van der Waals surface area contributed by atoms with Crippen molar-refractivity contribution in [2.24, 2.45) is 5.73 Å². The number of ether oxygens (including phenoxy) is 3. The molecule has 0 radical (unpaired) electrons. The Kier molecular flexibility index (Phi) is 12.6. The Morgan fingerprint density at radius 3 is 1.84 bits per heavy atom. The number of hydrogen-bond acceptors (Lipinski definition) is 11. The molecule has 180 valence electrons. The largest absolute Gasteiger partial charge is 0.371 e. The van der Waals surface area contributed by atoms with Gasteiger partial charge in [0, 0.05) is 46.3 Å². The lowest BCUT2D eigenvalue weighted by Gasteiger charge is -2.31. The molecule has 0 aliphatic rings. The van der Waals surface area contributed by atoms with Crippen molar-refractivity contribution in [1.29, 1.82) is 0 Å². The molecule has 9 nitrogen and oxygen atoms in total. The Balaban J connectivity index is 0.000000330. The Morgan fingerprint density at radius 2 is 1.44 bits per heavy atom. The van der Waals surface area contributed by atoms with E-state index in [2.05, 4.69) is 39.1 Å². The number of nitrogens with two attached hydrogens (primary N) is 1. The van der Waals surface area contributed by atoms with Gasteiger partial charge in [-0.05, 0) is 31.6 Å². The summed E-state index contributed by atoms with van der Waals surface area (Å²) in [6, 6.07) is 3.99. The van der Waals surface area contributed by atoms with Gasteiger partial charge in [0.2, 0.25) is 5.79 Å². The standard InChI is InChI=1S/C12H21N3O2S.C9H15N3OS/c1-9(2)14-8-12(16-3,17-4)10-6-7-13-11(15-10)18-5;1-9(6-10,13-2)7-4-5-11-8(12-7)14-3/h6-7,9,14H,8H2,1-5H3;4-5H,6,10H2,1-3H3. The van der Waals surface area contributed by atoms with Crippen molar-refractivity contribution in [3.63, 3.8) is 0 Å². The van der Waals surface area contributed by atoms with Crippen molar-refractivity contribution >= 4 is 23.5 Å². The Morgan fingerprint density at radius 1 is 0.938 bits per heavy atom. The van der Waals surface area contributed by atoms with E-state index in [4.69, 9.17) is 19.9 Å². The molecule has 0 saturated heterocycles. The fraction of sp³-hybridized carbons (Fsp3) is 0.619. The first kappa shape index (κ1) is 28.7. The summed E-state index contributed by atoms with van der Waals surface area (Å²) in [6.45, 7) is 6.99. The lowest BCUT2D eigenvalue weighted by Crippen LogP contribution is -2.44. The van der Waals surface area contributed by atoms with Crippen LogP contribution in [-0.4, -0.2) is 72.9 Å². The van der Waals surface area contributed by atoms with E-state index >= 15 is 0 Å². The van der Waals surface area contributed by atoms with Gasteiger partial charge in [0.05, 0.1) is 12.2 Å². The topological polar surface area (TPSA) is 117 Å². The van der Waals surface area contributed by atoms with E-state index in [1.54, 1.807) is 33.7 Å². The highest BCUT2D eigenvalue weighted by molar-refractivity contribution is 7.98. The fourth-order valence-corrected chi connectivity index (χ4v) is 3.26. The Bertz CT molecular complexity index is 805. The summed E-state index contributed by atoms with van der Waals surface area (Å²) < 4.78 is 16.4. The van der Waals surface area contributed by atoms with Crippen LogP contribution in [0.1, 0.15) is 32.2 Å². The molecule has 0 aliphatic heterocycles. The van der Waals surface area contributed by atoms with Gasteiger partial charge in [-0.15, -0.1) is 0 Å². The molecule has 0 bridgehead atoms. The van der Waals surface area contributed by atoms with Gasteiger partial charge in [0.25, 0.3) is 0 Å². The van der Waals surface area contributed by atoms with Crippen molar-refractivity contribution in [2.45, 2.75) is 48.5 Å². The molecule has 3 N–H and O–H groups in total. The molecule has 0 aromatic carbocycles. The van der Waals surface area contributed by atoms with Gasteiger partial charge >= 0.3 is 0 Å². The molecular weight excluding hydrogens is 448 g/mol. The number of methoxy groups -OCH3 is 3. The lowest BCUT2D eigenvalue weighted by molar-refractivity contribution is -0.215. The van der Waals surface area contributed by atoms with Crippen LogP contribution >= 0.6 is 23.5 Å². The molecule has 11 heteroatoms. The molecule has 0 fully saturated rings. The summed E-state index contributed by atoms with van der Waals surface area (Å²) in [7, 11) is 4.87. The van der Waals surface area contributed by atoms with Gasteiger partial charge in [0.1, 0.15) is 11.3 Å². The summed E-state index contributed by atoms with van der Waals surface area (Å²) in [6.07, 6.45) is 7.32. The lowest BCUT2D eigenvalue weighted by atomic mass is 10.0. The maximum absolute atomic E-state index is 5.65. The SMILES string of the molecule is COC(C)(CN)c1ccnc(SC)n1.COC(CNC(C)C)(OC)c1ccnc(SC)n1. The Hall–Kier alpha value is -1.34. The third kappa shape index (κ3) is 7.91.